The molecule has 0 aliphatic rings. The van der Waals surface area contributed by atoms with E-state index >= 15 is 0 Å². The molecule has 0 aliphatic heterocycles. The number of carbonyl (C=O) groups excluding carboxylic acids is 1. The second kappa shape index (κ2) is 7.09. The number of rotatable bonds is 6. The van der Waals surface area contributed by atoms with Gasteiger partial charge in [-0.2, -0.15) is 8.42 Å². The summed E-state index contributed by atoms with van der Waals surface area (Å²) in [6, 6.07) is 8.22. The molecule has 2 aromatic rings. The van der Waals surface area contributed by atoms with Crippen LogP contribution in [0, 0.1) is 5.41 Å². The molecule has 1 aromatic heterocycles. The molecule has 1 heterocycles. The molecule has 23 heavy (non-hydrogen) atoms. The van der Waals surface area contributed by atoms with Crippen molar-refractivity contribution >= 4 is 44.8 Å². The van der Waals surface area contributed by atoms with E-state index < -0.39 is 27.6 Å². The number of Topliss-reactive ketones (excluding diaryl/α,β-unsaturated/α-hetero) is 1. The fourth-order valence-corrected chi connectivity index (χ4v) is 3.64. The lowest BCUT2D eigenvalue weighted by molar-refractivity contribution is 0.101. The van der Waals surface area contributed by atoms with Crippen LogP contribution in [0.1, 0.15) is 10.4 Å². The van der Waals surface area contributed by atoms with Gasteiger partial charge in [0, 0.05) is 5.56 Å². The number of guanidine groups is 1. The van der Waals surface area contributed by atoms with E-state index in [1.54, 1.807) is 29.7 Å². The van der Waals surface area contributed by atoms with Crippen molar-refractivity contribution in [2.24, 2.45) is 5.73 Å². The summed E-state index contributed by atoms with van der Waals surface area (Å²) < 4.78 is 27.5. The van der Waals surface area contributed by atoms with E-state index in [0.717, 1.165) is 10.4 Å². The van der Waals surface area contributed by atoms with Crippen LogP contribution in [-0.2, 0) is 14.4 Å². The summed E-state index contributed by atoms with van der Waals surface area (Å²) in [7, 11) is -4.20. The molecule has 1 aromatic carbocycles. The van der Waals surface area contributed by atoms with Crippen molar-refractivity contribution in [1.29, 1.82) is 5.41 Å². The number of hydrogen-bond donors (Lipinski definition) is 3. The van der Waals surface area contributed by atoms with E-state index in [2.05, 4.69) is 4.28 Å². The standard InChI is InChI=1S/C13H12ClN3O4S2/c14-10-4-5-22-12(10)9-3-1-2-8(6-9)11(18)7-23(19,20)21-17-13(15)16/h1-6H,7H2,(H4,15,16,17). The lowest BCUT2D eigenvalue weighted by Crippen LogP contribution is -2.34. The number of thiophene rings is 1. The van der Waals surface area contributed by atoms with Gasteiger partial charge in [-0.15, -0.1) is 15.6 Å². The van der Waals surface area contributed by atoms with Gasteiger partial charge in [-0.1, -0.05) is 29.8 Å². The second-order valence-electron chi connectivity index (χ2n) is 4.40. The van der Waals surface area contributed by atoms with Gasteiger partial charge in [0.05, 0.1) is 9.90 Å². The van der Waals surface area contributed by atoms with Gasteiger partial charge in [-0.05, 0) is 23.1 Å². The first-order valence-electron chi connectivity index (χ1n) is 6.16. The predicted octanol–water partition coefficient (Wildman–Crippen LogP) is 2.00. The molecule has 10 heteroatoms. The number of carbonyl (C=O) groups is 1. The average Bonchev–Trinajstić information content (AvgIpc) is 2.91. The topological polar surface area (TPSA) is 122 Å². The zero-order chi connectivity index (χ0) is 17.0. The fourth-order valence-electron chi connectivity index (χ4n) is 1.72. The van der Waals surface area contributed by atoms with Gasteiger partial charge in [-0.3, -0.25) is 10.2 Å². The number of benzene rings is 1. The Balaban J connectivity index is 2.17. The van der Waals surface area contributed by atoms with Crippen LogP contribution < -0.4 is 11.2 Å². The Morgan fingerprint density at radius 2 is 2.13 bits per heavy atom. The van der Waals surface area contributed by atoms with Crippen LogP contribution in [0.4, 0.5) is 0 Å². The number of ketones is 1. The summed E-state index contributed by atoms with van der Waals surface area (Å²) in [5, 5.41) is 9.20. The van der Waals surface area contributed by atoms with Crippen LogP contribution in [0.25, 0.3) is 10.4 Å². The summed E-state index contributed by atoms with van der Waals surface area (Å²) in [5.41, 5.74) is 7.53. The van der Waals surface area contributed by atoms with Crippen molar-refractivity contribution in [2.45, 2.75) is 0 Å². The predicted molar refractivity (Wildman–Crippen MR) is 89.0 cm³/mol. The molecule has 4 N–H and O–H groups in total. The summed E-state index contributed by atoms with van der Waals surface area (Å²) in [6.45, 7) is 0. The fraction of sp³-hybridized carbons (Fsp3) is 0.0769. The van der Waals surface area contributed by atoms with E-state index in [9.17, 15) is 13.2 Å². The third kappa shape index (κ3) is 4.76. The smallest absolute Gasteiger partial charge is 0.295 e. The van der Waals surface area contributed by atoms with Crippen molar-refractivity contribution in [3.63, 3.8) is 0 Å². The molecule has 122 valence electrons. The first-order chi connectivity index (χ1) is 10.8. The lowest BCUT2D eigenvalue weighted by Gasteiger charge is -2.06. The third-order valence-electron chi connectivity index (χ3n) is 2.65. The van der Waals surface area contributed by atoms with E-state index in [4.69, 9.17) is 22.7 Å². The Hall–Kier alpha value is -1.94. The Labute approximate surface area is 141 Å². The molecule has 0 saturated heterocycles. The van der Waals surface area contributed by atoms with Crippen LogP contribution in [-0.4, -0.2) is 25.9 Å². The zero-order valence-corrected chi connectivity index (χ0v) is 14.0. The van der Waals surface area contributed by atoms with Crippen molar-refractivity contribution < 1.29 is 17.5 Å². The summed E-state index contributed by atoms with van der Waals surface area (Å²) in [6.07, 6.45) is 0. The molecular formula is C13H12ClN3O4S2. The second-order valence-corrected chi connectivity index (χ2v) is 7.30. The first-order valence-corrected chi connectivity index (χ1v) is 9.00. The molecule has 2 rings (SSSR count). The zero-order valence-electron chi connectivity index (χ0n) is 11.6. The van der Waals surface area contributed by atoms with Gasteiger partial charge < -0.3 is 5.73 Å². The van der Waals surface area contributed by atoms with Crippen molar-refractivity contribution in [2.75, 3.05) is 5.75 Å². The quantitative estimate of drug-likeness (QED) is 0.308. The molecule has 0 atom stereocenters. The van der Waals surface area contributed by atoms with Gasteiger partial charge in [-0.25, -0.2) is 5.48 Å². The van der Waals surface area contributed by atoms with Crippen LogP contribution in [0.3, 0.4) is 0 Å². The van der Waals surface area contributed by atoms with E-state index in [-0.39, 0.29) is 5.56 Å². The SMILES string of the molecule is N=C(N)NOS(=O)(=O)CC(=O)c1cccc(-c2sccc2Cl)c1. The molecule has 0 spiro atoms. The third-order valence-corrected chi connectivity index (χ3v) is 4.99. The highest BCUT2D eigenvalue weighted by molar-refractivity contribution is 7.87. The highest BCUT2D eigenvalue weighted by Gasteiger charge is 2.20. The molecule has 0 amide bonds. The maximum atomic E-state index is 12.1. The van der Waals surface area contributed by atoms with E-state index in [1.165, 1.54) is 17.4 Å². The maximum Gasteiger partial charge on any atom is 0.295 e. The average molecular weight is 374 g/mol. The highest BCUT2D eigenvalue weighted by Crippen LogP contribution is 2.33. The van der Waals surface area contributed by atoms with Crippen LogP contribution >= 0.6 is 22.9 Å². The van der Waals surface area contributed by atoms with Gasteiger partial charge in [0.15, 0.2) is 5.78 Å². The Morgan fingerprint density at radius 1 is 1.39 bits per heavy atom. The van der Waals surface area contributed by atoms with E-state index in [0.29, 0.717) is 5.02 Å². The van der Waals surface area contributed by atoms with Crippen LogP contribution in [0.2, 0.25) is 5.02 Å². The minimum absolute atomic E-state index is 0.210. The van der Waals surface area contributed by atoms with E-state index in [1.807, 2.05) is 5.38 Å². The van der Waals surface area contributed by atoms with Gasteiger partial charge in [0.1, 0.15) is 5.75 Å². The van der Waals surface area contributed by atoms with Crippen LogP contribution in [0.5, 0.6) is 0 Å². The molecule has 0 aliphatic carbocycles. The minimum atomic E-state index is -4.20. The summed E-state index contributed by atoms with van der Waals surface area (Å²) >= 11 is 7.47. The maximum absolute atomic E-state index is 12.1. The van der Waals surface area contributed by atoms with Gasteiger partial charge in [0.2, 0.25) is 5.96 Å². The lowest BCUT2D eigenvalue weighted by atomic mass is 10.1. The van der Waals surface area contributed by atoms with Crippen molar-refractivity contribution in [1.82, 2.24) is 5.48 Å². The monoisotopic (exact) mass is 373 g/mol. The van der Waals surface area contributed by atoms with Gasteiger partial charge in [0.25, 0.3) is 10.1 Å². The molecule has 0 bridgehead atoms. The van der Waals surface area contributed by atoms with Crippen LogP contribution in [0.15, 0.2) is 35.7 Å². The molecular weight excluding hydrogens is 362 g/mol. The highest BCUT2D eigenvalue weighted by atomic mass is 35.5. The molecule has 0 saturated carbocycles. The number of halogens is 1. The Bertz CT molecular complexity index is 848. The normalized spacial score (nSPS) is 11.2. The molecule has 0 unspecified atom stereocenters. The minimum Gasteiger partial charge on any atom is -0.368 e. The summed E-state index contributed by atoms with van der Waals surface area (Å²) in [4.78, 5) is 12.9. The molecule has 0 fully saturated rings. The number of hydroxylamine groups is 1. The Kier molecular flexibility index (Phi) is 5.37. The molecule has 0 radical (unpaired) electrons. The number of hydrogen-bond acceptors (Lipinski definition) is 6. The first kappa shape index (κ1) is 17.4. The number of nitrogens with two attached hydrogens (primary N) is 1. The molecule has 7 nitrogen and oxygen atoms in total. The number of nitrogens with one attached hydrogen (secondary N) is 2. The van der Waals surface area contributed by atoms with Crippen molar-refractivity contribution in [3.8, 4) is 10.4 Å². The largest absolute Gasteiger partial charge is 0.368 e. The van der Waals surface area contributed by atoms with Crippen molar-refractivity contribution in [3.05, 3.63) is 46.3 Å². The Morgan fingerprint density at radius 3 is 2.74 bits per heavy atom. The van der Waals surface area contributed by atoms with Gasteiger partial charge >= 0.3 is 0 Å². The summed E-state index contributed by atoms with van der Waals surface area (Å²) in [5.74, 6) is -2.21.